The van der Waals surface area contributed by atoms with Crippen molar-refractivity contribution in [3.63, 3.8) is 0 Å². The molecule has 0 unspecified atom stereocenters. The number of sulfonamides is 1. The molecule has 0 aliphatic rings. The summed E-state index contributed by atoms with van der Waals surface area (Å²) in [6, 6.07) is 8.15. The minimum absolute atomic E-state index is 0.165. The van der Waals surface area contributed by atoms with Gasteiger partial charge in [0, 0.05) is 8.95 Å². The van der Waals surface area contributed by atoms with Gasteiger partial charge in [-0.05, 0) is 62.2 Å². The molecule has 0 aliphatic carbocycles. The van der Waals surface area contributed by atoms with Gasteiger partial charge in [-0.2, -0.15) is 0 Å². The van der Waals surface area contributed by atoms with Gasteiger partial charge in [0.15, 0.2) is 0 Å². The second-order valence-corrected chi connectivity index (χ2v) is 7.78. The Morgan fingerprint density at radius 3 is 2.37 bits per heavy atom. The summed E-state index contributed by atoms with van der Waals surface area (Å²) in [7, 11) is -3.65. The van der Waals surface area contributed by atoms with Crippen molar-refractivity contribution >= 4 is 63.5 Å². The molecule has 0 aliphatic heterocycles. The highest BCUT2D eigenvalue weighted by atomic mass is 79.9. The fourth-order valence-electron chi connectivity index (χ4n) is 1.34. The number of anilines is 1. The second-order valence-electron chi connectivity index (χ2n) is 3.55. The third kappa shape index (κ3) is 3.77. The maximum atomic E-state index is 12.2. The third-order valence-electron chi connectivity index (χ3n) is 2.16. The van der Waals surface area contributed by atoms with Gasteiger partial charge < -0.3 is 0 Å². The summed E-state index contributed by atoms with van der Waals surface area (Å²) in [4.78, 5) is 4.13. The van der Waals surface area contributed by atoms with E-state index in [9.17, 15) is 8.42 Å². The van der Waals surface area contributed by atoms with Crippen LogP contribution in [-0.2, 0) is 10.0 Å². The fourth-order valence-corrected chi connectivity index (χ4v) is 4.36. The molecule has 1 aromatic carbocycles. The third-order valence-corrected chi connectivity index (χ3v) is 5.48. The van der Waals surface area contributed by atoms with Crippen LogP contribution in [0.15, 0.2) is 55.0 Å². The Bertz CT molecular complexity index is 702. The van der Waals surface area contributed by atoms with E-state index in [1.807, 2.05) is 0 Å². The monoisotopic (exact) mass is 468 g/mol. The van der Waals surface area contributed by atoms with Crippen LogP contribution in [0, 0.1) is 0 Å². The molecule has 1 N–H and O–H groups in total. The Kier molecular flexibility index (Phi) is 4.65. The molecular formula is C11H7Br3N2O2S. The smallest absolute Gasteiger partial charge is 0.263 e. The van der Waals surface area contributed by atoms with Crippen LogP contribution in [0.2, 0.25) is 0 Å². The predicted octanol–water partition coefficient (Wildman–Crippen LogP) is 4.17. The molecule has 0 amide bonds. The quantitative estimate of drug-likeness (QED) is 0.685. The molecule has 0 fully saturated rings. The van der Waals surface area contributed by atoms with Crippen molar-refractivity contribution in [2.75, 3.05) is 4.72 Å². The van der Waals surface area contributed by atoms with Gasteiger partial charge in [0.2, 0.25) is 0 Å². The Balaban J connectivity index is 2.35. The molecule has 0 spiro atoms. The zero-order chi connectivity index (χ0) is 14.0. The van der Waals surface area contributed by atoms with Crippen LogP contribution in [0.1, 0.15) is 0 Å². The number of benzene rings is 1. The molecule has 0 bridgehead atoms. The molecule has 8 heteroatoms. The first-order valence-corrected chi connectivity index (χ1v) is 8.84. The zero-order valence-corrected chi connectivity index (χ0v) is 14.8. The first-order chi connectivity index (χ1) is 8.88. The average Bonchev–Trinajstić information content (AvgIpc) is 2.31. The molecule has 2 rings (SSSR count). The summed E-state index contributed by atoms with van der Waals surface area (Å²) in [6.45, 7) is 0. The first-order valence-electron chi connectivity index (χ1n) is 4.98. The molecule has 0 radical (unpaired) electrons. The Morgan fingerprint density at radius 1 is 1.05 bits per heavy atom. The predicted molar refractivity (Wildman–Crippen MR) is 84.6 cm³/mol. The van der Waals surface area contributed by atoms with Gasteiger partial charge in [0.25, 0.3) is 10.0 Å². The van der Waals surface area contributed by atoms with Crippen LogP contribution in [0.3, 0.4) is 0 Å². The van der Waals surface area contributed by atoms with Crippen LogP contribution in [-0.4, -0.2) is 13.4 Å². The van der Waals surface area contributed by atoms with Gasteiger partial charge in [-0.15, -0.1) is 0 Å². The zero-order valence-electron chi connectivity index (χ0n) is 9.27. The summed E-state index contributed by atoms with van der Waals surface area (Å²) in [5, 5.41) is 0. The standard InChI is InChI=1S/C11H7Br3N2O2S/c12-7-1-3-10(9(13)5-7)19(17,18)16-8-2-4-11(14)15-6-8/h1-6,16H. The summed E-state index contributed by atoms with van der Waals surface area (Å²) in [5.74, 6) is 0. The molecule has 1 heterocycles. The number of halogens is 3. The summed E-state index contributed by atoms with van der Waals surface area (Å²) >= 11 is 9.70. The highest BCUT2D eigenvalue weighted by Gasteiger charge is 2.17. The minimum Gasteiger partial charge on any atom is -0.278 e. The van der Waals surface area contributed by atoms with Crippen molar-refractivity contribution < 1.29 is 8.42 Å². The maximum absolute atomic E-state index is 12.2. The number of nitrogens with zero attached hydrogens (tertiary/aromatic N) is 1. The van der Waals surface area contributed by atoms with Crippen molar-refractivity contribution in [3.8, 4) is 0 Å². The minimum atomic E-state index is -3.65. The van der Waals surface area contributed by atoms with Gasteiger partial charge in [0.1, 0.15) is 9.50 Å². The number of aromatic nitrogens is 1. The highest BCUT2D eigenvalue weighted by molar-refractivity contribution is 9.11. The van der Waals surface area contributed by atoms with E-state index in [0.717, 1.165) is 4.47 Å². The normalized spacial score (nSPS) is 11.3. The van der Waals surface area contributed by atoms with E-state index in [4.69, 9.17) is 0 Å². The van der Waals surface area contributed by atoms with Crippen LogP contribution in [0.25, 0.3) is 0 Å². The van der Waals surface area contributed by atoms with E-state index >= 15 is 0 Å². The van der Waals surface area contributed by atoms with E-state index < -0.39 is 10.0 Å². The lowest BCUT2D eigenvalue weighted by atomic mass is 10.4. The maximum Gasteiger partial charge on any atom is 0.263 e. The summed E-state index contributed by atoms with van der Waals surface area (Å²) in [6.07, 6.45) is 1.44. The van der Waals surface area contributed by atoms with Gasteiger partial charge >= 0.3 is 0 Å². The molecule has 4 nitrogen and oxygen atoms in total. The molecule has 100 valence electrons. The highest BCUT2D eigenvalue weighted by Crippen LogP contribution is 2.27. The molecular weight excluding hydrogens is 464 g/mol. The van der Waals surface area contributed by atoms with Crippen molar-refractivity contribution in [2.45, 2.75) is 4.90 Å². The number of pyridine rings is 1. The topological polar surface area (TPSA) is 59.1 Å². The van der Waals surface area contributed by atoms with Gasteiger partial charge in [-0.25, -0.2) is 13.4 Å². The number of nitrogens with one attached hydrogen (secondary N) is 1. The van der Waals surface area contributed by atoms with E-state index in [0.29, 0.717) is 14.8 Å². The molecule has 0 saturated heterocycles. The van der Waals surface area contributed by atoms with E-state index in [1.165, 1.54) is 12.3 Å². The van der Waals surface area contributed by atoms with Crippen molar-refractivity contribution in [2.24, 2.45) is 0 Å². The molecule has 0 atom stereocenters. The van der Waals surface area contributed by atoms with Crippen LogP contribution < -0.4 is 4.72 Å². The lowest BCUT2D eigenvalue weighted by molar-refractivity contribution is 0.600. The lowest BCUT2D eigenvalue weighted by Crippen LogP contribution is -2.13. The first kappa shape index (κ1) is 15.0. The Morgan fingerprint density at radius 2 is 1.79 bits per heavy atom. The molecule has 2 aromatic rings. The largest absolute Gasteiger partial charge is 0.278 e. The molecule has 19 heavy (non-hydrogen) atoms. The van der Waals surface area contributed by atoms with Crippen LogP contribution in [0.4, 0.5) is 5.69 Å². The second kappa shape index (κ2) is 5.90. The van der Waals surface area contributed by atoms with Crippen molar-refractivity contribution in [1.29, 1.82) is 0 Å². The van der Waals surface area contributed by atoms with Crippen molar-refractivity contribution in [1.82, 2.24) is 4.98 Å². The number of hydrogen-bond donors (Lipinski definition) is 1. The average molecular weight is 471 g/mol. The van der Waals surface area contributed by atoms with Gasteiger partial charge in [-0.1, -0.05) is 15.9 Å². The lowest BCUT2D eigenvalue weighted by Gasteiger charge is -2.09. The van der Waals surface area contributed by atoms with Gasteiger partial charge in [0.05, 0.1) is 11.9 Å². The molecule has 1 aromatic heterocycles. The van der Waals surface area contributed by atoms with Crippen LogP contribution in [0.5, 0.6) is 0 Å². The van der Waals surface area contributed by atoms with Crippen LogP contribution >= 0.6 is 47.8 Å². The Labute approximate surface area is 136 Å². The SMILES string of the molecule is O=S(=O)(Nc1ccc(Br)nc1)c1ccc(Br)cc1Br. The molecule has 0 saturated carbocycles. The van der Waals surface area contributed by atoms with E-state index in [-0.39, 0.29) is 4.90 Å². The number of hydrogen-bond acceptors (Lipinski definition) is 3. The fraction of sp³-hybridized carbons (Fsp3) is 0. The summed E-state index contributed by atoms with van der Waals surface area (Å²) in [5.41, 5.74) is 0.401. The number of rotatable bonds is 3. The van der Waals surface area contributed by atoms with E-state index in [2.05, 4.69) is 57.5 Å². The van der Waals surface area contributed by atoms with Crippen molar-refractivity contribution in [3.05, 3.63) is 50.1 Å². The Hall–Kier alpha value is -0.440. The van der Waals surface area contributed by atoms with E-state index in [1.54, 1.807) is 24.3 Å². The van der Waals surface area contributed by atoms with Gasteiger partial charge in [-0.3, -0.25) is 4.72 Å². The summed E-state index contributed by atoms with van der Waals surface area (Å²) < 4.78 is 28.8.